The van der Waals surface area contributed by atoms with Gasteiger partial charge < -0.3 is 9.84 Å². The maximum absolute atomic E-state index is 10.7. The van der Waals surface area contributed by atoms with E-state index in [0.29, 0.717) is 6.61 Å². The lowest BCUT2D eigenvalue weighted by Crippen LogP contribution is -2.21. The van der Waals surface area contributed by atoms with Gasteiger partial charge in [0.2, 0.25) is 0 Å². The molecule has 0 fully saturated rings. The fourth-order valence-electron chi connectivity index (χ4n) is 2.75. The molecule has 0 bridgehead atoms. The normalized spacial score (nSPS) is 13.3. The highest BCUT2D eigenvalue weighted by molar-refractivity contribution is 14.1. The van der Waals surface area contributed by atoms with E-state index in [1.165, 1.54) is 0 Å². The standard InChI is InChI=1S/C20H25IN2O2Si/c1-26(2,3)11-10-25-13-19-17-12-15(6-9-18(17)22-23-19)20(24)14-4-7-16(21)8-5-14/h4-9,12,20,24H,10-11,13H2,1-3H3,(H,22,23). The van der Waals surface area contributed by atoms with E-state index < -0.39 is 14.2 Å². The smallest absolute Gasteiger partial charge is 0.104 e. The SMILES string of the molecule is C[Si](C)(C)CCOCc1[nH]nc2ccc(C(O)c3ccc(I)cc3)cc12. The van der Waals surface area contributed by atoms with Gasteiger partial charge in [-0.15, -0.1) is 0 Å². The van der Waals surface area contributed by atoms with Gasteiger partial charge in [-0.25, -0.2) is 0 Å². The molecule has 3 rings (SSSR count). The lowest BCUT2D eigenvalue weighted by Gasteiger charge is -2.15. The number of aliphatic hydroxyl groups excluding tert-OH is 1. The summed E-state index contributed by atoms with van der Waals surface area (Å²) in [5.41, 5.74) is 3.62. The number of rotatable bonds is 7. The van der Waals surface area contributed by atoms with Crippen molar-refractivity contribution in [1.29, 1.82) is 0 Å². The minimum Gasteiger partial charge on any atom is -0.384 e. The van der Waals surface area contributed by atoms with E-state index in [4.69, 9.17) is 4.74 Å². The highest BCUT2D eigenvalue weighted by Gasteiger charge is 2.15. The van der Waals surface area contributed by atoms with Crippen molar-refractivity contribution >= 4 is 41.6 Å². The molecule has 26 heavy (non-hydrogen) atoms. The Hall–Kier alpha value is -1.22. The van der Waals surface area contributed by atoms with Crippen LogP contribution in [0.2, 0.25) is 25.7 Å². The molecule has 1 heterocycles. The summed E-state index contributed by atoms with van der Waals surface area (Å²) < 4.78 is 7.01. The zero-order chi connectivity index (χ0) is 18.7. The number of nitrogens with one attached hydrogen (secondary N) is 1. The Balaban J connectivity index is 1.76. The van der Waals surface area contributed by atoms with Crippen LogP contribution in [0.4, 0.5) is 0 Å². The lowest BCUT2D eigenvalue weighted by atomic mass is 10.00. The fraction of sp³-hybridized carbons (Fsp3) is 0.350. The van der Waals surface area contributed by atoms with Gasteiger partial charge in [-0.1, -0.05) is 37.8 Å². The third kappa shape index (κ3) is 4.94. The van der Waals surface area contributed by atoms with Crippen molar-refractivity contribution < 1.29 is 9.84 Å². The van der Waals surface area contributed by atoms with Crippen LogP contribution >= 0.6 is 22.6 Å². The van der Waals surface area contributed by atoms with Crippen LogP contribution in [0, 0.1) is 3.57 Å². The Kier molecular flexibility index (Phi) is 6.16. The van der Waals surface area contributed by atoms with Crippen LogP contribution in [0.25, 0.3) is 10.9 Å². The molecular formula is C20H25IN2O2Si. The molecule has 6 heteroatoms. The Morgan fingerprint density at radius 3 is 2.50 bits per heavy atom. The first kappa shape index (κ1) is 19.5. The molecular weight excluding hydrogens is 455 g/mol. The summed E-state index contributed by atoms with van der Waals surface area (Å²) in [5.74, 6) is 0. The average Bonchev–Trinajstić information content (AvgIpc) is 3.00. The predicted octanol–water partition coefficient (Wildman–Crippen LogP) is 5.10. The van der Waals surface area contributed by atoms with Crippen LogP contribution in [-0.4, -0.2) is 30.0 Å². The number of halogens is 1. The van der Waals surface area contributed by atoms with Crippen molar-refractivity contribution in [2.24, 2.45) is 0 Å². The maximum atomic E-state index is 10.7. The second kappa shape index (κ2) is 8.20. The number of benzene rings is 2. The van der Waals surface area contributed by atoms with Crippen molar-refractivity contribution in [3.05, 3.63) is 62.9 Å². The first-order valence-electron chi connectivity index (χ1n) is 8.82. The van der Waals surface area contributed by atoms with E-state index in [1.54, 1.807) is 0 Å². The quantitative estimate of drug-likeness (QED) is 0.281. The van der Waals surface area contributed by atoms with Gasteiger partial charge in [-0.05, 0) is 64.0 Å². The molecule has 0 aliphatic carbocycles. The lowest BCUT2D eigenvalue weighted by molar-refractivity contribution is 0.131. The minimum absolute atomic E-state index is 0.518. The first-order chi connectivity index (χ1) is 12.3. The molecule has 1 aromatic heterocycles. The number of aliphatic hydroxyl groups is 1. The molecule has 0 spiro atoms. The summed E-state index contributed by atoms with van der Waals surface area (Å²) in [4.78, 5) is 0. The zero-order valence-corrected chi connectivity index (χ0v) is 18.6. The van der Waals surface area contributed by atoms with Crippen LogP contribution in [0.3, 0.4) is 0 Å². The number of aromatic amines is 1. The van der Waals surface area contributed by atoms with E-state index in [1.807, 2.05) is 42.5 Å². The van der Waals surface area contributed by atoms with Crippen LogP contribution in [0.5, 0.6) is 0 Å². The summed E-state index contributed by atoms with van der Waals surface area (Å²) in [6.45, 7) is 8.34. The zero-order valence-electron chi connectivity index (χ0n) is 15.4. The molecule has 1 unspecified atom stereocenters. The largest absolute Gasteiger partial charge is 0.384 e. The number of nitrogens with zero attached hydrogens (tertiary/aromatic N) is 1. The summed E-state index contributed by atoms with van der Waals surface area (Å²) in [5, 5.41) is 19.2. The van der Waals surface area contributed by atoms with Crippen LogP contribution in [-0.2, 0) is 11.3 Å². The van der Waals surface area contributed by atoms with Gasteiger partial charge in [0.25, 0.3) is 0 Å². The molecule has 138 valence electrons. The molecule has 2 N–H and O–H groups in total. The molecule has 0 aliphatic heterocycles. The Bertz CT molecular complexity index is 872. The maximum Gasteiger partial charge on any atom is 0.104 e. The average molecular weight is 480 g/mol. The molecule has 0 radical (unpaired) electrons. The third-order valence-electron chi connectivity index (χ3n) is 4.40. The summed E-state index contributed by atoms with van der Waals surface area (Å²) in [6.07, 6.45) is -0.646. The van der Waals surface area contributed by atoms with Crippen LogP contribution in [0.1, 0.15) is 22.9 Å². The third-order valence-corrected chi connectivity index (χ3v) is 6.82. The molecule has 3 aromatic rings. The molecule has 0 saturated carbocycles. The molecule has 0 saturated heterocycles. The number of ether oxygens (including phenoxy) is 1. The van der Waals surface area contributed by atoms with Crippen molar-refractivity contribution in [1.82, 2.24) is 10.2 Å². The van der Waals surface area contributed by atoms with Gasteiger partial charge in [-0.2, -0.15) is 5.10 Å². The van der Waals surface area contributed by atoms with Gasteiger partial charge in [0, 0.05) is 23.6 Å². The number of hydrogen-bond donors (Lipinski definition) is 2. The topological polar surface area (TPSA) is 58.1 Å². The Morgan fingerprint density at radius 2 is 1.81 bits per heavy atom. The molecule has 4 nitrogen and oxygen atoms in total. The summed E-state index contributed by atoms with van der Waals surface area (Å²) in [6, 6.07) is 15.0. The second-order valence-electron chi connectivity index (χ2n) is 7.80. The number of H-pyrrole nitrogens is 1. The number of fused-ring (bicyclic) bond motifs is 1. The van der Waals surface area contributed by atoms with Gasteiger partial charge in [0.05, 0.1) is 17.8 Å². The van der Waals surface area contributed by atoms with Crippen molar-refractivity contribution in [2.75, 3.05) is 6.61 Å². The van der Waals surface area contributed by atoms with E-state index in [2.05, 4.69) is 52.4 Å². The molecule has 0 amide bonds. The summed E-state index contributed by atoms with van der Waals surface area (Å²) >= 11 is 2.26. The van der Waals surface area contributed by atoms with Gasteiger partial charge >= 0.3 is 0 Å². The summed E-state index contributed by atoms with van der Waals surface area (Å²) in [7, 11) is -1.08. The Morgan fingerprint density at radius 1 is 1.12 bits per heavy atom. The van der Waals surface area contributed by atoms with Gasteiger partial charge in [0.15, 0.2) is 0 Å². The van der Waals surface area contributed by atoms with E-state index in [9.17, 15) is 5.11 Å². The fourth-order valence-corrected chi connectivity index (χ4v) is 3.87. The molecule has 1 atom stereocenters. The number of hydrogen-bond acceptors (Lipinski definition) is 3. The van der Waals surface area contributed by atoms with Gasteiger partial charge in [-0.3, -0.25) is 5.10 Å². The van der Waals surface area contributed by atoms with Crippen LogP contribution < -0.4 is 0 Å². The molecule has 2 aromatic carbocycles. The Labute approximate surface area is 169 Å². The van der Waals surface area contributed by atoms with Crippen molar-refractivity contribution in [3.63, 3.8) is 0 Å². The highest BCUT2D eigenvalue weighted by atomic mass is 127. The first-order valence-corrected chi connectivity index (χ1v) is 13.6. The molecule has 0 aliphatic rings. The monoisotopic (exact) mass is 480 g/mol. The van der Waals surface area contributed by atoms with E-state index in [-0.39, 0.29) is 0 Å². The second-order valence-corrected chi connectivity index (χ2v) is 14.7. The highest BCUT2D eigenvalue weighted by Crippen LogP contribution is 2.27. The minimum atomic E-state index is -1.08. The van der Waals surface area contributed by atoms with E-state index in [0.717, 1.165) is 43.9 Å². The number of aromatic nitrogens is 2. The van der Waals surface area contributed by atoms with Crippen molar-refractivity contribution in [3.8, 4) is 0 Å². The predicted molar refractivity (Wildman–Crippen MR) is 117 cm³/mol. The van der Waals surface area contributed by atoms with Crippen LogP contribution in [0.15, 0.2) is 42.5 Å². The van der Waals surface area contributed by atoms with Gasteiger partial charge in [0.1, 0.15) is 6.10 Å². The van der Waals surface area contributed by atoms with E-state index >= 15 is 0 Å². The van der Waals surface area contributed by atoms with Crippen molar-refractivity contribution in [2.45, 2.75) is 38.4 Å².